The van der Waals surface area contributed by atoms with Crippen molar-refractivity contribution >= 4 is 5.91 Å². The zero-order valence-electron chi connectivity index (χ0n) is 9.41. The molecule has 4 heteroatoms. The first-order valence-corrected chi connectivity index (χ1v) is 5.97. The van der Waals surface area contributed by atoms with Gasteiger partial charge in [0.15, 0.2) is 0 Å². The molecule has 2 fully saturated rings. The Hall–Kier alpha value is -0.610. The van der Waals surface area contributed by atoms with Crippen molar-refractivity contribution in [1.29, 1.82) is 0 Å². The monoisotopic (exact) mass is 211 g/mol. The molecule has 2 saturated heterocycles. The summed E-state index contributed by atoms with van der Waals surface area (Å²) >= 11 is 0. The van der Waals surface area contributed by atoms with E-state index >= 15 is 0 Å². The maximum absolute atomic E-state index is 11.1. The summed E-state index contributed by atoms with van der Waals surface area (Å²) in [5, 5.41) is 3.49. The molecule has 0 aromatic heterocycles. The van der Waals surface area contributed by atoms with Gasteiger partial charge in [-0.2, -0.15) is 0 Å². The van der Waals surface area contributed by atoms with Crippen LogP contribution in [-0.4, -0.2) is 42.0 Å². The van der Waals surface area contributed by atoms with Gasteiger partial charge in [0.05, 0.1) is 6.04 Å². The Kier molecular flexibility index (Phi) is 3.26. The Bertz CT molecular complexity index is 238. The van der Waals surface area contributed by atoms with Crippen LogP contribution in [0.2, 0.25) is 0 Å². The van der Waals surface area contributed by atoms with E-state index < -0.39 is 0 Å². The molecule has 4 nitrogen and oxygen atoms in total. The quantitative estimate of drug-likeness (QED) is 0.692. The van der Waals surface area contributed by atoms with Crippen LogP contribution in [0.15, 0.2) is 0 Å². The predicted octanol–water partition coefficient (Wildman–Crippen LogP) is 0.0766. The highest BCUT2D eigenvalue weighted by atomic mass is 16.1. The summed E-state index contributed by atoms with van der Waals surface area (Å²) in [6.45, 7) is 4.38. The molecule has 0 aromatic carbocycles. The summed E-state index contributed by atoms with van der Waals surface area (Å²) in [6.07, 6.45) is 4.65. The van der Waals surface area contributed by atoms with E-state index in [2.05, 4.69) is 17.1 Å². The molecule has 0 radical (unpaired) electrons. The summed E-state index contributed by atoms with van der Waals surface area (Å²) in [4.78, 5) is 13.3. The molecular formula is C11H21N3O. The second kappa shape index (κ2) is 4.49. The summed E-state index contributed by atoms with van der Waals surface area (Å²) < 4.78 is 0. The third-order valence-electron chi connectivity index (χ3n) is 3.74. The zero-order chi connectivity index (χ0) is 10.8. The molecule has 2 aliphatic heterocycles. The van der Waals surface area contributed by atoms with Gasteiger partial charge >= 0.3 is 0 Å². The third kappa shape index (κ3) is 2.32. The maximum Gasteiger partial charge on any atom is 0.234 e. The van der Waals surface area contributed by atoms with E-state index in [4.69, 9.17) is 5.73 Å². The van der Waals surface area contributed by atoms with E-state index in [9.17, 15) is 4.79 Å². The Morgan fingerprint density at radius 1 is 1.60 bits per heavy atom. The second-order valence-electron chi connectivity index (χ2n) is 4.82. The molecule has 0 spiro atoms. The number of nitrogens with two attached hydrogens (primary N) is 1. The first-order chi connectivity index (χ1) is 7.18. The normalized spacial score (nSPS) is 33.7. The van der Waals surface area contributed by atoms with Crippen LogP contribution in [-0.2, 0) is 4.79 Å². The number of carbonyl (C=O) groups excluding carboxylic acids is 1. The highest BCUT2D eigenvalue weighted by Crippen LogP contribution is 2.24. The van der Waals surface area contributed by atoms with Crippen LogP contribution in [0, 0.1) is 0 Å². The second-order valence-corrected chi connectivity index (χ2v) is 4.82. The number of primary amides is 1. The van der Waals surface area contributed by atoms with Crippen molar-refractivity contribution in [3.8, 4) is 0 Å². The number of amides is 1. The van der Waals surface area contributed by atoms with Crippen LogP contribution in [0.25, 0.3) is 0 Å². The summed E-state index contributed by atoms with van der Waals surface area (Å²) in [6, 6.07) is 1.13. The van der Waals surface area contributed by atoms with Crippen LogP contribution in [0.1, 0.15) is 32.6 Å². The molecule has 15 heavy (non-hydrogen) atoms. The van der Waals surface area contributed by atoms with E-state index in [1.54, 1.807) is 0 Å². The zero-order valence-corrected chi connectivity index (χ0v) is 9.41. The van der Waals surface area contributed by atoms with Gasteiger partial charge in [0.25, 0.3) is 0 Å². The van der Waals surface area contributed by atoms with E-state index in [-0.39, 0.29) is 11.9 Å². The molecule has 0 saturated carbocycles. The molecule has 1 amide bonds. The number of carbonyl (C=O) groups is 1. The van der Waals surface area contributed by atoms with Crippen molar-refractivity contribution in [1.82, 2.24) is 10.2 Å². The Balaban J connectivity index is 1.80. The van der Waals surface area contributed by atoms with Crippen LogP contribution in [0.5, 0.6) is 0 Å². The molecule has 2 heterocycles. The minimum absolute atomic E-state index is 0.00130. The number of nitrogens with one attached hydrogen (secondary N) is 1. The number of likely N-dealkylation sites (tertiary alicyclic amines) is 1. The van der Waals surface area contributed by atoms with Gasteiger partial charge in [-0.15, -0.1) is 0 Å². The standard InChI is InChI=1S/C11H21N3O/c1-8(7-9-3-2-5-13-9)14-6-4-10(14)11(12)15/h8-10,13H,2-7H2,1H3,(H2,12,15). The summed E-state index contributed by atoms with van der Waals surface area (Å²) in [7, 11) is 0. The molecule has 2 aliphatic rings. The minimum Gasteiger partial charge on any atom is -0.368 e. The van der Waals surface area contributed by atoms with E-state index in [1.165, 1.54) is 12.8 Å². The third-order valence-corrected chi connectivity index (χ3v) is 3.74. The SMILES string of the molecule is CC(CC1CCCN1)N1CCC1C(N)=O. The number of nitrogens with zero attached hydrogens (tertiary/aromatic N) is 1. The van der Waals surface area contributed by atoms with Gasteiger partial charge in [0.2, 0.25) is 5.91 Å². The highest BCUT2D eigenvalue weighted by Gasteiger charge is 2.36. The highest BCUT2D eigenvalue weighted by molar-refractivity contribution is 5.80. The Morgan fingerprint density at radius 3 is 2.87 bits per heavy atom. The molecule has 0 bridgehead atoms. The average molecular weight is 211 g/mol. The van der Waals surface area contributed by atoms with Crippen molar-refractivity contribution in [2.45, 2.75) is 50.7 Å². The molecule has 86 valence electrons. The summed E-state index contributed by atoms with van der Waals surface area (Å²) in [5.74, 6) is -0.160. The lowest BCUT2D eigenvalue weighted by molar-refractivity contribution is -0.129. The minimum atomic E-state index is -0.160. The van der Waals surface area contributed by atoms with Gasteiger partial charge in [0, 0.05) is 18.6 Å². The molecule has 3 N–H and O–H groups in total. The van der Waals surface area contributed by atoms with Crippen LogP contribution in [0.3, 0.4) is 0 Å². The molecule has 2 rings (SSSR count). The van der Waals surface area contributed by atoms with Crippen LogP contribution in [0.4, 0.5) is 0 Å². The van der Waals surface area contributed by atoms with Gasteiger partial charge in [0.1, 0.15) is 0 Å². The molecule has 3 unspecified atom stereocenters. The van der Waals surface area contributed by atoms with Crippen molar-refractivity contribution in [3.63, 3.8) is 0 Å². The lowest BCUT2D eigenvalue weighted by Gasteiger charge is -2.43. The topological polar surface area (TPSA) is 58.4 Å². The Labute approximate surface area is 91.2 Å². The first kappa shape index (κ1) is 10.9. The average Bonchev–Trinajstić information content (AvgIpc) is 2.52. The van der Waals surface area contributed by atoms with Gasteiger partial charge in [-0.3, -0.25) is 9.69 Å². The molecule has 3 atom stereocenters. The van der Waals surface area contributed by atoms with Crippen LogP contribution < -0.4 is 11.1 Å². The fourth-order valence-electron chi connectivity index (χ4n) is 2.75. The lowest BCUT2D eigenvalue weighted by atomic mass is 9.96. The number of rotatable bonds is 4. The lowest BCUT2D eigenvalue weighted by Crippen LogP contribution is -2.58. The largest absolute Gasteiger partial charge is 0.368 e. The van der Waals surface area contributed by atoms with E-state index in [1.807, 2.05) is 0 Å². The fourth-order valence-corrected chi connectivity index (χ4v) is 2.75. The predicted molar refractivity (Wildman–Crippen MR) is 59.4 cm³/mol. The number of hydrogen-bond acceptors (Lipinski definition) is 3. The van der Waals surface area contributed by atoms with Crippen molar-refractivity contribution in [2.75, 3.05) is 13.1 Å². The van der Waals surface area contributed by atoms with Crippen molar-refractivity contribution in [3.05, 3.63) is 0 Å². The summed E-state index contributed by atoms with van der Waals surface area (Å²) in [5.41, 5.74) is 5.34. The van der Waals surface area contributed by atoms with Gasteiger partial charge < -0.3 is 11.1 Å². The number of hydrogen-bond donors (Lipinski definition) is 2. The molecular weight excluding hydrogens is 190 g/mol. The fraction of sp³-hybridized carbons (Fsp3) is 0.909. The van der Waals surface area contributed by atoms with Gasteiger partial charge in [-0.05, 0) is 39.2 Å². The smallest absolute Gasteiger partial charge is 0.234 e. The van der Waals surface area contributed by atoms with Crippen LogP contribution >= 0.6 is 0 Å². The van der Waals surface area contributed by atoms with Crippen molar-refractivity contribution in [2.24, 2.45) is 5.73 Å². The Morgan fingerprint density at radius 2 is 2.40 bits per heavy atom. The molecule has 0 aromatic rings. The van der Waals surface area contributed by atoms with E-state index in [0.29, 0.717) is 12.1 Å². The van der Waals surface area contributed by atoms with Gasteiger partial charge in [-0.25, -0.2) is 0 Å². The maximum atomic E-state index is 11.1. The van der Waals surface area contributed by atoms with Gasteiger partial charge in [-0.1, -0.05) is 0 Å². The first-order valence-electron chi connectivity index (χ1n) is 5.97. The molecule has 0 aliphatic carbocycles. The van der Waals surface area contributed by atoms with Crippen molar-refractivity contribution < 1.29 is 4.79 Å². The van der Waals surface area contributed by atoms with E-state index in [0.717, 1.165) is 25.9 Å².